The average Bonchev–Trinajstić information content (AvgIpc) is 2.46. The summed E-state index contributed by atoms with van der Waals surface area (Å²) in [7, 11) is 0. The van der Waals surface area contributed by atoms with Crippen molar-refractivity contribution in [1.29, 1.82) is 10.5 Å². The lowest BCUT2D eigenvalue weighted by molar-refractivity contribution is 0.625. The van der Waals surface area contributed by atoms with Gasteiger partial charge in [0.1, 0.15) is 34.9 Å². The zero-order chi connectivity index (χ0) is 15.6. The lowest BCUT2D eigenvalue weighted by atomic mass is 9.93. The van der Waals surface area contributed by atoms with Crippen LogP contribution >= 0.6 is 0 Å². The molecule has 1 aromatic carbocycles. The molecule has 2 aromatic rings. The molecule has 21 heavy (non-hydrogen) atoms. The van der Waals surface area contributed by atoms with Crippen LogP contribution in [0.15, 0.2) is 23.0 Å². The van der Waals surface area contributed by atoms with Gasteiger partial charge in [-0.25, -0.2) is 4.39 Å². The number of terminal acetylenes is 1. The summed E-state index contributed by atoms with van der Waals surface area (Å²) in [6, 6.07) is 7.43. The smallest absolute Gasteiger partial charge is 0.268 e. The SMILES string of the molecule is C#Cc1c(F)cccc1-c1c(C#N)c(N)[nH]c(=O)c1C#N. The van der Waals surface area contributed by atoms with Gasteiger partial charge < -0.3 is 10.7 Å². The van der Waals surface area contributed by atoms with Gasteiger partial charge in [0.2, 0.25) is 0 Å². The zero-order valence-electron chi connectivity index (χ0n) is 10.6. The van der Waals surface area contributed by atoms with Crippen LogP contribution in [-0.2, 0) is 0 Å². The van der Waals surface area contributed by atoms with Crippen LogP contribution in [0.4, 0.5) is 10.2 Å². The number of hydrogen-bond donors (Lipinski definition) is 2. The Morgan fingerprint density at radius 1 is 1.19 bits per heavy atom. The molecule has 0 aliphatic heterocycles. The van der Waals surface area contributed by atoms with Crippen LogP contribution in [0.2, 0.25) is 0 Å². The number of rotatable bonds is 1. The number of anilines is 1. The van der Waals surface area contributed by atoms with Gasteiger partial charge in [-0.2, -0.15) is 10.5 Å². The lowest BCUT2D eigenvalue weighted by Gasteiger charge is -2.11. The summed E-state index contributed by atoms with van der Waals surface area (Å²) < 4.78 is 13.8. The number of aromatic nitrogens is 1. The minimum atomic E-state index is -0.767. The van der Waals surface area contributed by atoms with Crippen LogP contribution in [0.5, 0.6) is 0 Å². The summed E-state index contributed by atoms with van der Waals surface area (Å²) in [6.07, 6.45) is 5.27. The van der Waals surface area contributed by atoms with Crippen LogP contribution < -0.4 is 11.3 Å². The fourth-order valence-corrected chi connectivity index (χ4v) is 1.99. The molecule has 6 heteroatoms. The van der Waals surface area contributed by atoms with Crippen molar-refractivity contribution in [2.24, 2.45) is 0 Å². The van der Waals surface area contributed by atoms with E-state index >= 15 is 0 Å². The molecule has 0 saturated carbocycles. The van der Waals surface area contributed by atoms with Crippen LogP contribution in [0.1, 0.15) is 16.7 Å². The molecule has 0 aliphatic rings. The summed E-state index contributed by atoms with van der Waals surface area (Å²) in [5.74, 6) is 1.26. The molecule has 0 unspecified atom stereocenters. The van der Waals surface area contributed by atoms with Crippen molar-refractivity contribution < 1.29 is 4.39 Å². The van der Waals surface area contributed by atoms with E-state index in [1.54, 1.807) is 12.1 Å². The monoisotopic (exact) mass is 278 g/mol. The third-order valence-electron chi connectivity index (χ3n) is 2.90. The fourth-order valence-electron chi connectivity index (χ4n) is 1.99. The molecule has 3 N–H and O–H groups in total. The molecule has 0 amide bonds. The number of H-pyrrole nitrogens is 1. The number of benzene rings is 1. The second kappa shape index (κ2) is 5.21. The Kier molecular flexibility index (Phi) is 3.44. The first-order valence-electron chi connectivity index (χ1n) is 5.66. The number of nitriles is 2. The highest BCUT2D eigenvalue weighted by molar-refractivity contribution is 5.83. The molecule has 2 rings (SSSR count). The van der Waals surface area contributed by atoms with Crippen molar-refractivity contribution in [3.05, 3.63) is 51.1 Å². The van der Waals surface area contributed by atoms with Gasteiger partial charge in [-0.1, -0.05) is 18.1 Å². The van der Waals surface area contributed by atoms with E-state index in [1.807, 2.05) is 0 Å². The molecular weight excluding hydrogens is 271 g/mol. The van der Waals surface area contributed by atoms with Gasteiger partial charge in [-0.15, -0.1) is 6.42 Å². The first-order valence-corrected chi connectivity index (χ1v) is 5.66. The van der Waals surface area contributed by atoms with E-state index < -0.39 is 11.4 Å². The van der Waals surface area contributed by atoms with Crippen molar-refractivity contribution in [1.82, 2.24) is 4.98 Å². The van der Waals surface area contributed by atoms with Gasteiger partial charge in [0.25, 0.3) is 5.56 Å². The lowest BCUT2D eigenvalue weighted by Crippen LogP contribution is -2.16. The number of nitrogen functional groups attached to an aromatic ring is 1. The van der Waals surface area contributed by atoms with E-state index in [-0.39, 0.29) is 33.6 Å². The summed E-state index contributed by atoms with van der Waals surface area (Å²) >= 11 is 0. The topological polar surface area (TPSA) is 106 Å². The maximum Gasteiger partial charge on any atom is 0.268 e. The third-order valence-corrected chi connectivity index (χ3v) is 2.90. The Labute approximate surface area is 119 Å². The Morgan fingerprint density at radius 3 is 2.43 bits per heavy atom. The van der Waals surface area contributed by atoms with Crippen LogP contribution in [-0.4, -0.2) is 4.98 Å². The molecule has 0 saturated heterocycles. The average molecular weight is 278 g/mol. The van der Waals surface area contributed by atoms with Crippen molar-refractivity contribution in [2.75, 3.05) is 5.73 Å². The Bertz CT molecular complexity index is 923. The minimum Gasteiger partial charge on any atom is -0.384 e. The first kappa shape index (κ1) is 13.9. The molecule has 0 aliphatic carbocycles. The molecule has 1 heterocycles. The number of nitrogens with zero attached hydrogens (tertiary/aromatic N) is 2. The molecule has 0 fully saturated rings. The predicted octanol–water partition coefficient (Wildman–Crippen LogP) is 1.49. The van der Waals surface area contributed by atoms with Crippen LogP contribution in [0.25, 0.3) is 11.1 Å². The van der Waals surface area contributed by atoms with Crippen molar-refractivity contribution >= 4 is 5.82 Å². The largest absolute Gasteiger partial charge is 0.384 e. The molecule has 5 nitrogen and oxygen atoms in total. The van der Waals surface area contributed by atoms with Gasteiger partial charge in [0, 0.05) is 11.1 Å². The van der Waals surface area contributed by atoms with Gasteiger partial charge in [0.05, 0.1) is 5.56 Å². The summed E-state index contributed by atoms with van der Waals surface area (Å²) in [6.45, 7) is 0. The first-order chi connectivity index (χ1) is 10.0. The fraction of sp³-hybridized carbons (Fsp3) is 0. The van der Waals surface area contributed by atoms with E-state index in [2.05, 4.69) is 10.9 Å². The highest BCUT2D eigenvalue weighted by Crippen LogP contribution is 2.31. The molecule has 0 radical (unpaired) electrons. The van der Waals surface area contributed by atoms with Crippen LogP contribution in [0, 0.1) is 40.8 Å². The molecule has 1 aromatic heterocycles. The molecule has 100 valence electrons. The molecule has 0 bridgehead atoms. The number of nitrogens with two attached hydrogens (primary N) is 1. The highest BCUT2D eigenvalue weighted by Gasteiger charge is 2.21. The minimum absolute atomic E-state index is 0.0614. The normalized spacial score (nSPS) is 9.43. The Hall–Kier alpha value is -3.56. The number of halogens is 1. The summed E-state index contributed by atoms with van der Waals surface area (Å²) in [4.78, 5) is 14.0. The number of pyridine rings is 1. The van der Waals surface area contributed by atoms with Crippen molar-refractivity contribution in [3.63, 3.8) is 0 Å². The third kappa shape index (κ3) is 2.10. The maximum absolute atomic E-state index is 13.8. The highest BCUT2D eigenvalue weighted by atomic mass is 19.1. The summed E-state index contributed by atoms with van der Waals surface area (Å²) in [5.41, 5.74) is 4.24. The maximum atomic E-state index is 13.8. The number of hydrogen-bond acceptors (Lipinski definition) is 4. The summed E-state index contributed by atoms with van der Waals surface area (Å²) in [5, 5.41) is 18.3. The standard InChI is InChI=1S/C15H7FN4O/c1-2-8-9(4-3-5-12(8)16)13-10(6-17)14(19)20-15(21)11(13)7-18/h1,3-5H,(H3,19,20,21). The van der Waals surface area contributed by atoms with Gasteiger partial charge >= 0.3 is 0 Å². The van der Waals surface area contributed by atoms with Gasteiger partial charge in [-0.05, 0) is 6.07 Å². The second-order valence-corrected chi connectivity index (χ2v) is 4.02. The quantitative estimate of drug-likeness (QED) is 0.770. The zero-order valence-corrected chi connectivity index (χ0v) is 10.6. The second-order valence-electron chi connectivity index (χ2n) is 4.02. The van der Waals surface area contributed by atoms with Crippen LogP contribution in [0.3, 0.4) is 0 Å². The van der Waals surface area contributed by atoms with Crippen molar-refractivity contribution in [3.8, 4) is 35.6 Å². The van der Waals surface area contributed by atoms with E-state index in [0.29, 0.717) is 0 Å². The van der Waals surface area contributed by atoms with E-state index in [0.717, 1.165) is 6.07 Å². The van der Waals surface area contributed by atoms with E-state index in [1.165, 1.54) is 12.1 Å². The molecular formula is C15H7FN4O. The van der Waals surface area contributed by atoms with E-state index in [9.17, 15) is 14.4 Å². The number of nitrogens with one attached hydrogen (secondary N) is 1. The molecule has 0 spiro atoms. The van der Waals surface area contributed by atoms with Crippen molar-refractivity contribution in [2.45, 2.75) is 0 Å². The van der Waals surface area contributed by atoms with E-state index in [4.69, 9.17) is 17.4 Å². The van der Waals surface area contributed by atoms with Gasteiger partial charge in [-0.3, -0.25) is 4.79 Å². The Morgan fingerprint density at radius 2 is 1.86 bits per heavy atom. The number of aromatic amines is 1. The van der Waals surface area contributed by atoms with Gasteiger partial charge in [0.15, 0.2) is 0 Å². The molecule has 0 atom stereocenters. The predicted molar refractivity (Wildman–Crippen MR) is 74.2 cm³/mol. The Balaban J connectivity index is 3.06.